The Hall–Kier alpha value is -0.613. The van der Waals surface area contributed by atoms with Crippen molar-refractivity contribution >= 4 is 14.7 Å². The zero-order valence-electron chi connectivity index (χ0n) is 11.9. The molecule has 1 aliphatic heterocycles. The molecule has 0 saturated carbocycles. The first-order valence-electron chi connectivity index (χ1n) is 6.21. The molecule has 0 aromatic heterocycles. The largest absolute Gasteiger partial charge is 0.415 e. The van der Waals surface area contributed by atoms with E-state index in [2.05, 4.69) is 40.8 Å². The second-order valence-electron chi connectivity index (χ2n) is 6.46. The molecule has 1 rings (SSSR count). The average Bonchev–Trinajstić information content (AvgIpc) is 2.54. The molecule has 0 spiro atoms. The lowest BCUT2D eigenvalue weighted by Crippen LogP contribution is -2.44. The Balaban J connectivity index is 2.55. The number of hydrogen-bond acceptors (Lipinski definition) is 2. The van der Waals surface area contributed by atoms with Crippen molar-refractivity contribution in [2.75, 3.05) is 6.61 Å². The third kappa shape index (κ3) is 3.42. The van der Waals surface area contributed by atoms with Gasteiger partial charge in [0.25, 0.3) is 0 Å². The summed E-state index contributed by atoms with van der Waals surface area (Å²) in [5.74, 6) is 0. The van der Waals surface area contributed by atoms with Gasteiger partial charge in [-0.1, -0.05) is 26.3 Å². The minimum atomic E-state index is -1.70. The number of rotatable bonds is 4. The Labute approximate surface area is 106 Å². The lowest BCUT2D eigenvalue weighted by atomic mass is 10.2. The molecule has 0 aromatic rings. The summed E-state index contributed by atoms with van der Waals surface area (Å²) in [6, 6.07) is 0.196. The van der Waals surface area contributed by atoms with E-state index in [1.807, 2.05) is 6.20 Å². The molecule has 1 atom stereocenters. The summed E-state index contributed by atoms with van der Waals surface area (Å²) in [5.41, 5.74) is 1.25. The van der Waals surface area contributed by atoms with Crippen molar-refractivity contribution in [1.82, 2.24) is 4.90 Å². The molecule has 0 radical (unpaired) electrons. The Morgan fingerprint density at radius 3 is 2.59 bits per heavy atom. The van der Waals surface area contributed by atoms with Crippen LogP contribution in [0.3, 0.4) is 0 Å². The molecule has 0 bridgehead atoms. The van der Waals surface area contributed by atoms with Crippen molar-refractivity contribution in [3.8, 4) is 0 Å². The molecule has 0 saturated heterocycles. The highest BCUT2D eigenvalue weighted by Gasteiger charge is 2.38. The number of hydrogen-bond donors (Lipinski definition) is 0. The van der Waals surface area contributed by atoms with Gasteiger partial charge in [-0.2, -0.15) is 0 Å². The Bertz CT molecular complexity index is 318. The highest BCUT2D eigenvalue weighted by molar-refractivity contribution is 6.74. The third-order valence-electron chi connectivity index (χ3n) is 3.91. The quantitative estimate of drug-likeness (QED) is 0.570. The summed E-state index contributed by atoms with van der Waals surface area (Å²) in [5, 5.41) is 0.222. The fourth-order valence-electron chi connectivity index (χ4n) is 1.67. The predicted octanol–water partition coefficient (Wildman–Crippen LogP) is 3.14. The van der Waals surface area contributed by atoms with Crippen molar-refractivity contribution in [3.63, 3.8) is 0 Å². The predicted molar refractivity (Wildman–Crippen MR) is 73.2 cm³/mol. The van der Waals surface area contributed by atoms with Crippen molar-refractivity contribution in [2.24, 2.45) is 0 Å². The minimum absolute atomic E-state index is 0.196. The Morgan fingerprint density at radius 2 is 2.12 bits per heavy atom. The molecule has 3 nitrogen and oxygen atoms in total. The summed E-state index contributed by atoms with van der Waals surface area (Å²) < 4.78 is 6.16. The fraction of sp³-hybridized carbons (Fsp3) is 0.769. The van der Waals surface area contributed by atoms with Gasteiger partial charge in [-0.15, -0.1) is 0 Å². The van der Waals surface area contributed by atoms with Gasteiger partial charge >= 0.3 is 0 Å². The maximum Gasteiger partial charge on any atom is 0.214 e. The van der Waals surface area contributed by atoms with Crippen LogP contribution in [0.5, 0.6) is 0 Å². The monoisotopic (exact) mass is 255 g/mol. The van der Waals surface area contributed by atoms with Crippen molar-refractivity contribution in [2.45, 2.75) is 58.3 Å². The second kappa shape index (κ2) is 4.94. The topological polar surface area (TPSA) is 29.5 Å². The summed E-state index contributed by atoms with van der Waals surface area (Å²) in [6.07, 6.45) is 3.76. The van der Waals surface area contributed by atoms with Crippen LogP contribution < -0.4 is 0 Å². The molecule has 1 aliphatic rings. The highest BCUT2D eigenvalue weighted by atomic mass is 28.4. The van der Waals surface area contributed by atoms with E-state index in [-0.39, 0.29) is 11.1 Å². The molecule has 0 N–H and O–H groups in total. The third-order valence-corrected chi connectivity index (χ3v) is 8.41. The van der Waals surface area contributed by atoms with E-state index in [1.165, 1.54) is 5.57 Å². The number of carbonyl (C=O) groups excluding carboxylic acids is 1. The van der Waals surface area contributed by atoms with Crippen LogP contribution in [0, 0.1) is 0 Å². The van der Waals surface area contributed by atoms with Crippen molar-refractivity contribution in [3.05, 3.63) is 11.8 Å². The smallest absolute Gasteiger partial charge is 0.214 e. The van der Waals surface area contributed by atoms with E-state index in [4.69, 9.17) is 4.43 Å². The summed E-state index contributed by atoms with van der Waals surface area (Å²) in [6.45, 7) is 13.9. The van der Waals surface area contributed by atoms with E-state index in [9.17, 15) is 4.79 Å². The summed E-state index contributed by atoms with van der Waals surface area (Å²) in [7, 11) is -1.70. The minimum Gasteiger partial charge on any atom is -0.415 e. The first-order chi connectivity index (χ1) is 7.67. The molecule has 4 heteroatoms. The van der Waals surface area contributed by atoms with Crippen LogP contribution in [0.15, 0.2) is 11.8 Å². The van der Waals surface area contributed by atoms with Gasteiger partial charge in [0.05, 0.1) is 12.6 Å². The standard InChI is InChI=1S/C13H25NO2Si/c1-11-7-12(14(8-11)10-15)9-16-17(5,6)13(2,3)4/h8,10,12H,7,9H2,1-6H3/t12-/m0/s1. The normalized spacial score (nSPS) is 21.6. The molecular formula is C13H25NO2Si. The SMILES string of the molecule is CC1=CN(C=O)[C@H](CO[Si](C)(C)C(C)(C)C)C1. The molecule has 0 fully saturated rings. The van der Waals surface area contributed by atoms with E-state index >= 15 is 0 Å². The first kappa shape index (κ1) is 14.4. The maximum atomic E-state index is 10.9. The average molecular weight is 255 g/mol. The van der Waals surface area contributed by atoms with Crippen LogP contribution in [0.25, 0.3) is 0 Å². The molecule has 98 valence electrons. The van der Waals surface area contributed by atoms with Gasteiger partial charge in [-0.25, -0.2) is 0 Å². The molecular weight excluding hydrogens is 230 g/mol. The van der Waals surface area contributed by atoms with Crippen LogP contribution in [0.4, 0.5) is 0 Å². The number of carbonyl (C=O) groups is 1. The van der Waals surface area contributed by atoms with Crippen LogP contribution in [0.2, 0.25) is 18.1 Å². The molecule has 0 aliphatic carbocycles. The zero-order valence-corrected chi connectivity index (χ0v) is 12.9. The molecule has 1 heterocycles. The zero-order chi connectivity index (χ0) is 13.3. The highest BCUT2D eigenvalue weighted by Crippen LogP contribution is 2.37. The van der Waals surface area contributed by atoms with Crippen molar-refractivity contribution < 1.29 is 9.22 Å². The van der Waals surface area contributed by atoms with E-state index in [1.54, 1.807) is 4.90 Å². The van der Waals surface area contributed by atoms with Crippen LogP contribution in [-0.2, 0) is 9.22 Å². The molecule has 17 heavy (non-hydrogen) atoms. The van der Waals surface area contributed by atoms with Crippen molar-refractivity contribution in [1.29, 1.82) is 0 Å². The van der Waals surface area contributed by atoms with Gasteiger partial charge < -0.3 is 9.33 Å². The molecule has 0 unspecified atom stereocenters. The van der Waals surface area contributed by atoms with Crippen LogP contribution >= 0.6 is 0 Å². The molecule has 1 amide bonds. The van der Waals surface area contributed by atoms with Gasteiger partial charge in [-0.05, 0) is 31.5 Å². The lowest BCUT2D eigenvalue weighted by molar-refractivity contribution is -0.117. The number of nitrogens with zero attached hydrogens (tertiary/aromatic N) is 1. The van der Waals surface area contributed by atoms with Gasteiger partial charge in [0.2, 0.25) is 6.41 Å². The van der Waals surface area contributed by atoms with Gasteiger partial charge in [-0.3, -0.25) is 4.79 Å². The van der Waals surface area contributed by atoms with Crippen LogP contribution in [0.1, 0.15) is 34.1 Å². The Morgan fingerprint density at radius 1 is 1.53 bits per heavy atom. The lowest BCUT2D eigenvalue weighted by Gasteiger charge is -2.37. The maximum absolute atomic E-state index is 10.9. The van der Waals surface area contributed by atoms with Gasteiger partial charge in [0.15, 0.2) is 8.32 Å². The van der Waals surface area contributed by atoms with Gasteiger partial charge in [0.1, 0.15) is 0 Å². The first-order valence-corrected chi connectivity index (χ1v) is 9.12. The van der Waals surface area contributed by atoms with E-state index in [0.717, 1.165) is 12.8 Å². The number of amides is 1. The summed E-state index contributed by atoms with van der Waals surface area (Å²) in [4.78, 5) is 12.7. The second-order valence-corrected chi connectivity index (χ2v) is 11.3. The fourth-order valence-corrected chi connectivity index (χ4v) is 2.71. The van der Waals surface area contributed by atoms with Gasteiger partial charge in [0, 0.05) is 6.20 Å². The summed E-state index contributed by atoms with van der Waals surface area (Å²) >= 11 is 0. The van der Waals surface area contributed by atoms with E-state index < -0.39 is 8.32 Å². The van der Waals surface area contributed by atoms with Crippen LogP contribution in [-0.4, -0.2) is 32.3 Å². The van der Waals surface area contributed by atoms with E-state index in [0.29, 0.717) is 6.61 Å². The Kier molecular flexibility index (Phi) is 4.20. The molecule has 0 aromatic carbocycles.